The lowest BCUT2D eigenvalue weighted by atomic mass is 10.1. The van der Waals surface area contributed by atoms with Crippen molar-refractivity contribution in [1.29, 1.82) is 0 Å². The SMILES string of the molecule is [B][P+](c1ccccc1)(c1ccccc1)[C@@H](CCO)c1ccccc1. The summed E-state index contributed by atoms with van der Waals surface area (Å²) >= 11 is 0. The molecular weight excluding hydrogens is 310 g/mol. The van der Waals surface area contributed by atoms with E-state index < -0.39 is 7.14 Å². The predicted molar refractivity (Wildman–Crippen MR) is 106 cm³/mol. The average Bonchev–Trinajstić information content (AvgIpc) is 2.67. The van der Waals surface area contributed by atoms with Gasteiger partial charge < -0.3 is 5.11 Å². The highest BCUT2D eigenvalue weighted by Crippen LogP contribution is 2.65. The van der Waals surface area contributed by atoms with Crippen LogP contribution in [0.25, 0.3) is 0 Å². The summed E-state index contributed by atoms with van der Waals surface area (Å²) in [5.74, 6) is 0. The molecule has 1 N–H and O–H groups in total. The van der Waals surface area contributed by atoms with Gasteiger partial charge >= 0.3 is 7.57 Å². The molecule has 0 aliphatic heterocycles. The monoisotopic (exact) mass is 331 g/mol. The molecule has 0 aliphatic carbocycles. The molecule has 0 aliphatic rings. The molecule has 3 heteroatoms. The average molecular weight is 331 g/mol. The summed E-state index contributed by atoms with van der Waals surface area (Å²) in [6.45, 7) is 0.123. The van der Waals surface area contributed by atoms with Gasteiger partial charge in [0.15, 0.2) is 0 Å². The molecule has 0 spiro atoms. The summed E-state index contributed by atoms with van der Waals surface area (Å²) in [7, 11) is 5.02. The number of aliphatic hydroxyl groups is 1. The molecule has 3 aromatic carbocycles. The summed E-state index contributed by atoms with van der Waals surface area (Å²) in [6, 6.07) is 31.0. The van der Waals surface area contributed by atoms with Crippen molar-refractivity contribution in [2.75, 3.05) is 6.61 Å². The van der Waals surface area contributed by atoms with Crippen LogP contribution in [-0.2, 0) is 0 Å². The summed E-state index contributed by atoms with van der Waals surface area (Å²) in [6.07, 6.45) is 0.651. The van der Waals surface area contributed by atoms with Gasteiger partial charge in [-0.2, -0.15) is 0 Å². The van der Waals surface area contributed by atoms with E-state index in [2.05, 4.69) is 36.4 Å². The zero-order valence-corrected chi connectivity index (χ0v) is 14.5. The third-order valence-electron chi connectivity index (χ3n) is 4.45. The molecule has 0 fully saturated rings. The van der Waals surface area contributed by atoms with Gasteiger partial charge in [0.25, 0.3) is 0 Å². The van der Waals surface area contributed by atoms with Crippen LogP contribution in [0.2, 0.25) is 0 Å². The van der Waals surface area contributed by atoms with Crippen molar-refractivity contribution in [3.8, 4) is 0 Å². The van der Waals surface area contributed by atoms with E-state index in [1.165, 1.54) is 16.2 Å². The largest absolute Gasteiger partial charge is 0.396 e. The van der Waals surface area contributed by atoms with Crippen molar-refractivity contribution in [1.82, 2.24) is 0 Å². The molecule has 118 valence electrons. The van der Waals surface area contributed by atoms with E-state index in [-0.39, 0.29) is 12.3 Å². The smallest absolute Gasteiger partial charge is 0.378 e. The Hall–Kier alpha value is -1.89. The van der Waals surface area contributed by atoms with Gasteiger partial charge in [0.2, 0.25) is 0 Å². The Morgan fingerprint density at radius 3 is 1.54 bits per heavy atom. The molecular formula is C21H21BOP+. The van der Waals surface area contributed by atoms with E-state index in [0.717, 1.165) is 0 Å². The minimum atomic E-state index is -2.18. The number of hydrogen-bond acceptors (Lipinski definition) is 1. The fourth-order valence-electron chi connectivity index (χ4n) is 3.26. The zero-order valence-electron chi connectivity index (χ0n) is 13.6. The first-order valence-corrected chi connectivity index (χ1v) is 10.1. The molecule has 0 heterocycles. The Kier molecular flexibility index (Phi) is 5.50. The summed E-state index contributed by atoms with van der Waals surface area (Å²) < 4.78 is 0. The van der Waals surface area contributed by atoms with E-state index in [1.807, 2.05) is 54.6 Å². The summed E-state index contributed by atoms with van der Waals surface area (Å²) in [5, 5.41) is 12.0. The molecule has 0 saturated carbocycles. The number of benzene rings is 3. The molecule has 2 radical (unpaired) electrons. The van der Waals surface area contributed by atoms with Crippen LogP contribution >= 0.6 is 7.14 Å². The van der Waals surface area contributed by atoms with Crippen LogP contribution in [-0.4, -0.2) is 19.3 Å². The second-order valence-electron chi connectivity index (χ2n) is 5.89. The topological polar surface area (TPSA) is 20.2 Å². The number of rotatable bonds is 6. The third-order valence-corrected chi connectivity index (χ3v) is 8.29. The van der Waals surface area contributed by atoms with Gasteiger partial charge in [-0.25, -0.2) is 0 Å². The Labute approximate surface area is 146 Å². The molecule has 24 heavy (non-hydrogen) atoms. The molecule has 3 aromatic rings. The quantitative estimate of drug-likeness (QED) is 0.537. The molecule has 1 atom stereocenters. The molecule has 3 rings (SSSR count). The number of hydrogen-bond donors (Lipinski definition) is 1. The molecule has 0 aromatic heterocycles. The maximum absolute atomic E-state index is 9.72. The molecule has 0 unspecified atom stereocenters. The molecule has 0 bridgehead atoms. The van der Waals surface area contributed by atoms with Crippen molar-refractivity contribution < 1.29 is 5.11 Å². The van der Waals surface area contributed by atoms with Gasteiger partial charge in [0, 0.05) is 20.2 Å². The first-order chi connectivity index (χ1) is 11.8. The molecule has 1 nitrogen and oxygen atoms in total. The summed E-state index contributed by atoms with van der Waals surface area (Å²) in [4.78, 5) is 0. The Morgan fingerprint density at radius 1 is 0.708 bits per heavy atom. The minimum absolute atomic E-state index is 0.0912. The van der Waals surface area contributed by atoms with Crippen LogP contribution in [0, 0.1) is 0 Å². The van der Waals surface area contributed by atoms with E-state index in [4.69, 9.17) is 7.57 Å². The van der Waals surface area contributed by atoms with Gasteiger partial charge in [-0.05, 0) is 29.8 Å². The van der Waals surface area contributed by atoms with Crippen molar-refractivity contribution in [2.24, 2.45) is 0 Å². The maximum atomic E-state index is 9.72. The molecule has 0 amide bonds. The fourth-order valence-corrected chi connectivity index (χ4v) is 6.78. The summed E-state index contributed by atoms with van der Waals surface area (Å²) in [5.41, 5.74) is 1.28. The van der Waals surface area contributed by atoms with Gasteiger partial charge in [-0.3, -0.25) is 0 Å². The Balaban J connectivity index is 2.20. The minimum Gasteiger partial charge on any atom is -0.396 e. The van der Waals surface area contributed by atoms with Crippen LogP contribution in [0.5, 0.6) is 0 Å². The van der Waals surface area contributed by atoms with Crippen LogP contribution in [0.4, 0.5) is 0 Å². The van der Waals surface area contributed by atoms with Gasteiger partial charge in [-0.15, -0.1) is 0 Å². The second kappa shape index (κ2) is 7.79. The van der Waals surface area contributed by atoms with Gasteiger partial charge in [-0.1, -0.05) is 66.7 Å². The van der Waals surface area contributed by atoms with Crippen molar-refractivity contribution in [3.05, 3.63) is 96.6 Å². The lowest BCUT2D eigenvalue weighted by Gasteiger charge is -2.32. The second-order valence-corrected chi connectivity index (χ2v) is 9.10. The first-order valence-electron chi connectivity index (χ1n) is 8.21. The Bertz CT molecular complexity index is 707. The van der Waals surface area contributed by atoms with Gasteiger partial charge in [0.1, 0.15) is 0 Å². The van der Waals surface area contributed by atoms with E-state index >= 15 is 0 Å². The first kappa shape index (κ1) is 17.0. The number of aliphatic hydroxyl groups excluding tert-OH is 1. The van der Waals surface area contributed by atoms with Crippen molar-refractivity contribution in [3.63, 3.8) is 0 Å². The van der Waals surface area contributed by atoms with Crippen LogP contribution < -0.4 is 10.6 Å². The van der Waals surface area contributed by atoms with Crippen LogP contribution in [0.15, 0.2) is 91.0 Å². The molecule has 0 saturated heterocycles. The Morgan fingerprint density at radius 2 is 1.12 bits per heavy atom. The predicted octanol–water partition coefficient (Wildman–Crippen LogP) is 3.86. The maximum Gasteiger partial charge on any atom is 0.378 e. The third kappa shape index (κ3) is 3.31. The normalized spacial score (nSPS) is 12.7. The highest BCUT2D eigenvalue weighted by molar-refractivity contribution is 8.08. The lowest BCUT2D eigenvalue weighted by molar-refractivity contribution is 0.287. The van der Waals surface area contributed by atoms with E-state index in [1.54, 1.807) is 0 Å². The highest BCUT2D eigenvalue weighted by Gasteiger charge is 2.45. The van der Waals surface area contributed by atoms with Crippen molar-refractivity contribution >= 4 is 25.3 Å². The lowest BCUT2D eigenvalue weighted by Crippen LogP contribution is -2.28. The van der Waals surface area contributed by atoms with Crippen LogP contribution in [0.1, 0.15) is 17.6 Å². The van der Waals surface area contributed by atoms with Crippen LogP contribution in [0.3, 0.4) is 0 Å². The van der Waals surface area contributed by atoms with E-state index in [9.17, 15) is 5.11 Å². The van der Waals surface area contributed by atoms with Gasteiger partial charge in [0.05, 0.1) is 16.3 Å². The van der Waals surface area contributed by atoms with E-state index in [0.29, 0.717) is 6.42 Å². The zero-order chi connectivity index (χ0) is 16.8. The van der Waals surface area contributed by atoms with Crippen molar-refractivity contribution in [2.45, 2.75) is 12.1 Å². The highest BCUT2D eigenvalue weighted by atomic mass is 31.2. The fraction of sp³-hybridized carbons (Fsp3) is 0.143. The standard InChI is InChI=1S/C21H21BOP/c22-24(19-12-6-2-7-13-19,20-14-8-3-9-15-20)21(16-17-23)18-10-4-1-5-11-18/h1-15,21,23H,16-17H2/q+1/t21-/m0/s1.